The van der Waals surface area contributed by atoms with Crippen molar-refractivity contribution in [3.8, 4) is 0 Å². The molecule has 0 atom stereocenters. The minimum absolute atomic E-state index is 0.250. The van der Waals surface area contributed by atoms with Crippen LogP contribution in [0.15, 0.2) is 82.0 Å². The van der Waals surface area contributed by atoms with Gasteiger partial charge in [0.15, 0.2) is 5.17 Å². The van der Waals surface area contributed by atoms with Gasteiger partial charge in [0.05, 0.1) is 24.8 Å². The van der Waals surface area contributed by atoms with Crippen molar-refractivity contribution in [3.63, 3.8) is 0 Å². The van der Waals surface area contributed by atoms with Crippen LogP contribution in [-0.4, -0.2) is 24.2 Å². The van der Waals surface area contributed by atoms with Gasteiger partial charge in [0.25, 0.3) is 5.91 Å². The Labute approximate surface area is 182 Å². The van der Waals surface area contributed by atoms with Crippen LogP contribution in [0.25, 0.3) is 6.08 Å². The van der Waals surface area contributed by atoms with E-state index in [4.69, 9.17) is 9.15 Å². The zero-order valence-corrected chi connectivity index (χ0v) is 17.3. The highest BCUT2D eigenvalue weighted by atomic mass is 32.2. The summed E-state index contributed by atoms with van der Waals surface area (Å²) >= 11 is 1.23. The average molecular weight is 436 g/mol. The van der Waals surface area contributed by atoms with Crippen LogP contribution in [0.2, 0.25) is 0 Å². The summed E-state index contributed by atoms with van der Waals surface area (Å²) in [5, 5.41) is 0.394. The molecule has 0 saturated carbocycles. The van der Waals surface area contributed by atoms with Crippen molar-refractivity contribution >= 4 is 40.6 Å². The normalized spacial score (nSPS) is 14.8. The number of carbonyl (C=O) groups is 2. The largest absolute Gasteiger partial charge is 0.468 e. The van der Waals surface area contributed by atoms with E-state index in [0.717, 1.165) is 5.56 Å². The van der Waals surface area contributed by atoms with Gasteiger partial charge in [0, 0.05) is 0 Å². The maximum absolute atomic E-state index is 13.4. The molecule has 6 nitrogen and oxygen atoms in total. The second-order valence-electron chi connectivity index (χ2n) is 6.49. The number of amidine groups is 1. The fraction of sp³-hybridized carbons (Fsp3) is 0.0870. The first-order valence-electron chi connectivity index (χ1n) is 9.30. The monoisotopic (exact) mass is 436 g/mol. The molecule has 8 heteroatoms. The van der Waals surface area contributed by atoms with Crippen LogP contribution in [0, 0.1) is 5.82 Å². The Morgan fingerprint density at radius 3 is 2.61 bits per heavy atom. The number of esters is 1. The van der Waals surface area contributed by atoms with Crippen molar-refractivity contribution in [3.05, 3.63) is 95.3 Å². The van der Waals surface area contributed by atoms with Crippen LogP contribution in [-0.2, 0) is 15.3 Å². The summed E-state index contributed by atoms with van der Waals surface area (Å²) < 4.78 is 23.6. The van der Waals surface area contributed by atoms with Crippen molar-refractivity contribution in [2.24, 2.45) is 4.99 Å². The number of benzene rings is 2. The molecule has 1 aromatic heterocycles. The number of anilines is 1. The number of furan rings is 1. The molecular weight excluding hydrogens is 419 g/mol. The minimum Gasteiger partial charge on any atom is -0.468 e. The summed E-state index contributed by atoms with van der Waals surface area (Å²) in [6.45, 7) is 0. The fourth-order valence-electron chi connectivity index (χ4n) is 2.99. The van der Waals surface area contributed by atoms with Gasteiger partial charge in [-0.3, -0.25) is 9.69 Å². The smallest absolute Gasteiger partial charge is 0.341 e. The highest BCUT2D eigenvalue weighted by molar-refractivity contribution is 8.13. The van der Waals surface area contributed by atoms with Gasteiger partial charge in [0.1, 0.15) is 22.8 Å². The highest BCUT2D eigenvalue weighted by Crippen LogP contribution is 2.31. The second-order valence-corrected chi connectivity index (χ2v) is 7.43. The molecule has 0 N–H and O–H groups in total. The molecule has 1 aliphatic heterocycles. The first-order chi connectivity index (χ1) is 15.1. The zero-order valence-electron chi connectivity index (χ0n) is 16.4. The molecule has 2 aromatic carbocycles. The molecule has 0 fully saturated rings. The predicted octanol–water partition coefficient (Wildman–Crippen LogP) is 4.88. The topological polar surface area (TPSA) is 72.1 Å². The number of thioether (sulfide) groups is 1. The van der Waals surface area contributed by atoms with Crippen LogP contribution < -0.4 is 4.90 Å². The number of halogens is 1. The number of ether oxygens (including phenoxy) is 1. The maximum atomic E-state index is 13.4. The third-order valence-electron chi connectivity index (χ3n) is 4.50. The van der Waals surface area contributed by atoms with Crippen molar-refractivity contribution in [2.75, 3.05) is 12.0 Å². The summed E-state index contributed by atoms with van der Waals surface area (Å²) in [5.74, 6) is -0.578. The minimum atomic E-state index is -0.506. The number of methoxy groups -OCH3 is 1. The van der Waals surface area contributed by atoms with E-state index in [0.29, 0.717) is 22.2 Å². The van der Waals surface area contributed by atoms with E-state index in [1.54, 1.807) is 6.08 Å². The molecular formula is C23H17FN2O4S. The van der Waals surface area contributed by atoms with Crippen molar-refractivity contribution in [1.29, 1.82) is 0 Å². The Balaban J connectivity index is 1.65. The SMILES string of the molecule is COC(=O)c1ccoc1CSC1=N/C(=C\c2ccccc2)C(=O)N1c1ccc(F)cc1. The van der Waals surface area contributed by atoms with Gasteiger partial charge < -0.3 is 9.15 Å². The summed E-state index contributed by atoms with van der Waals surface area (Å²) in [6.07, 6.45) is 3.10. The fourth-order valence-corrected chi connectivity index (χ4v) is 3.96. The number of hydrogen-bond acceptors (Lipinski definition) is 6. The molecule has 0 aliphatic carbocycles. The van der Waals surface area contributed by atoms with E-state index in [2.05, 4.69) is 4.99 Å². The molecule has 4 rings (SSSR count). The van der Waals surface area contributed by atoms with E-state index in [9.17, 15) is 14.0 Å². The lowest BCUT2D eigenvalue weighted by Crippen LogP contribution is -2.30. The van der Waals surface area contributed by atoms with E-state index < -0.39 is 11.8 Å². The van der Waals surface area contributed by atoms with Gasteiger partial charge in [-0.05, 0) is 42.0 Å². The van der Waals surface area contributed by atoms with E-state index in [1.807, 2.05) is 30.3 Å². The molecule has 0 bridgehead atoms. The van der Waals surface area contributed by atoms with Gasteiger partial charge in [-0.1, -0.05) is 42.1 Å². The van der Waals surface area contributed by atoms with Crippen molar-refractivity contribution in [2.45, 2.75) is 5.75 Å². The number of hydrogen-bond donors (Lipinski definition) is 0. The van der Waals surface area contributed by atoms with Crippen molar-refractivity contribution in [1.82, 2.24) is 0 Å². The number of nitrogens with zero attached hydrogens (tertiary/aromatic N) is 2. The molecule has 31 heavy (non-hydrogen) atoms. The van der Waals surface area contributed by atoms with E-state index in [1.165, 1.54) is 60.4 Å². The van der Waals surface area contributed by atoms with Gasteiger partial charge in [0.2, 0.25) is 0 Å². The van der Waals surface area contributed by atoms with Crippen molar-refractivity contribution < 1.29 is 23.1 Å². The quantitative estimate of drug-likeness (QED) is 0.421. The molecule has 0 saturated heterocycles. The number of amides is 1. The molecule has 1 aliphatic rings. The van der Waals surface area contributed by atoms with Crippen LogP contribution in [0.3, 0.4) is 0 Å². The summed E-state index contributed by atoms with van der Waals surface area (Å²) in [5.41, 5.74) is 1.89. The zero-order chi connectivity index (χ0) is 21.8. The first-order valence-corrected chi connectivity index (χ1v) is 10.3. The molecule has 1 amide bonds. The Hall–Kier alpha value is -3.65. The molecule has 0 radical (unpaired) electrons. The van der Waals surface area contributed by atoms with Gasteiger partial charge >= 0.3 is 5.97 Å². The molecule has 0 spiro atoms. The predicted molar refractivity (Wildman–Crippen MR) is 117 cm³/mol. The standard InChI is InChI=1S/C23H17FN2O4S/c1-29-22(28)18-11-12-30-20(18)14-31-23-25-19(13-15-5-3-2-4-6-15)21(27)26(23)17-9-7-16(24)8-10-17/h2-13H,14H2,1H3/b19-13-. The lowest BCUT2D eigenvalue weighted by molar-refractivity contribution is -0.113. The number of aliphatic imine (C=N–C) groups is 1. The Kier molecular flexibility index (Phi) is 5.99. The van der Waals surface area contributed by atoms with Gasteiger partial charge in [-0.15, -0.1) is 0 Å². The molecule has 2 heterocycles. The lowest BCUT2D eigenvalue weighted by Gasteiger charge is -2.17. The van der Waals surface area contributed by atoms with Gasteiger partial charge in [-0.2, -0.15) is 0 Å². The maximum Gasteiger partial charge on any atom is 0.341 e. The number of carbonyl (C=O) groups excluding carboxylic acids is 2. The third kappa shape index (κ3) is 4.44. The third-order valence-corrected chi connectivity index (χ3v) is 5.44. The molecule has 0 unspecified atom stereocenters. The molecule has 3 aromatic rings. The Morgan fingerprint density at radius 2 is 1.90 bits per heavy atom. The first kappa shape index (κ1) is 20.6. The van der Waals surface area contributed by atoms with Crippen LogP contribution in [0.4, 0.5) is 10.1 Å². The number of rotatable bonds is 5. The van der Waals surface area contributed by atoms with Gasteiger partial charge in [-0.25, -0.2) is 14.2 Å². The van der Waals surface area contributed by atoms with E-state index in [-0.39, 0.29) is 17.4 Å². The van der Waals surface area contributed by atoms with E-state index >= 15 is 0 Å². The van der Waals surface area contributed by atoms with Crippen LogP contribution in [0.5, 0.6) is 0 Å². The Morgan fingerprint density at radius 1 is 1.16 bits per heavy atom. The lowest BCUT2D eigenvalue weighted by atomic mass is 10.2. The van der Waals surface area contributed by atoms with Crippen LogP contribution >= 0.6 is 11.8 Å². The molecule has 156 valence electrons. The summed E-state index contributed by atoms with van der Waals surface area (Å²) in [6, 6.07) is 16.5. The second kappa shape index (κ2) is 9.01. The Bertz CT molecular complexity index is 1170. The summed E-state index contributed by atoms with van der Waals surface area (Å²) in [4.78, 5) is 30.9. The highest BCUT2D eigenvalue weighted by Gasteiger charge is 2.32. The summed E-state index contributed by atoms with van der Waals surface area (Å²) in [7, 11) is 1.29. The van der Waals surface area contributed by atoms with Crippen LogP contribution in [0.1, 0.15) is 21.7 Å². The average Bonchev–Trinajstić information content (AvgIpc) is 3.38.